The molecule has 1 unspecified atom stereocenters. The number of nitrogens with zero attached hydrogens (tertiary/aromatic N) is 2. The minimum absolute atomic E-state index is 0.0141. The summed E-state index contributed by atoms with van der Waals surface area (Å²) in [5.41, 5.74) is 4.44. The number of hydrogen-bond acceptors (Lipinski definition) is 5. The number of anilines is 1. The number of carbonyl (C=O) groups is 3. The van der Waals surface area contributed by atoms with Crippen molar-refractivity contribution in [3.63, 3.8) is 0 Å². The molecule has 1 heterocycles. The lowest BCUT2D eigenvalue weighted by atomic mass is 9.98. The summed E-state index contributed by atoms with van der Waals surface area (Å²) in [5.74, 6) is -1.95. The van der Waals surface area contributed by atoms with E-state index in [0.29, 0.717) is 0 Å². The Morgan fingerprint density at radius 3 is 2.28 bits per heavy atom. The maximum absolute atomic E-state index is 12.5. The number of benzene rings is 2. The summed E-state index contributed by atoms with van der Waals surface area (Å²) >= 11 is 0. The molecule has 0 spiro atoms. The van der Waals surface area contributed by atoms with Gasteiger partial charge in [-0.25, -0.2) is 4.79 Å². The Bertz CT molecular complexity index is 1160. The molecular weight excluding hydrogens is 412 g/mol. The molecule has 0 saturated heterocycles. The van der Waals surface area contributed by atoms with E-state index < -0.39 is 24.0 Å². The minimum atomic E-state index is -1.17. The highest BCUT2D eigenvalue weighted by Crippen LogP contribution is 2.44. The fourth-order valence-electron chi connectivity index (χ4n) is 3.81. The van der Waals surface area contributed by atoms with Gasteiger partial charge in [-0.05, 0) is 29.2 Å². The van der Waals surface area contributed by atoms with Crippen LogP contribution in [0.3, 0.4) is 0 Å². The van der Waals surface area contributed by atoms with Crippen LogP contribution in [-0.2, 0) is 16.6 Å². The number of ether oxygens (including phenoxy) is 1. The molecule has 4 rings (SSSR count). The van der Waals surface area contributed by atoms with Gasteiger partial charge in [0.05, 0.1) is 0 Å². The van der Waals surface area contributed by atoms with Gasteiger partial charge in [0, 0.05) is 19.2 Å². The highest BCUT2D eigenvalue weighted by Gasteiger charge is 2.29. The van der Waals surface area contributed by atoms with Gasteiger partial charge in [-0.1, -0.05) is 48.5 Å². The van der Waals surface area contributed by atoms with Crippen LogP contribution in [0.1, 0.15) is 34.3 Å². The van der Waals surface area contributed by atoms with E-state index in [1.807, 2.05) is 48.5 Å². The lowest BCUT2D eigenvalue weighted by Gasteiger charge is -2.14. The summed E-state index contributed by atoms with van der Waals surface area (Å²) in [7, 11) is 1.58. The summed E-state index contributed by atoms with van der Waals surface area (Å²) in [6.07, 6.45) is 0.633. The standard InChI is InChI=1S/C23H22N4O5/c1-13(22(29)30)24-21(28)18-11-27(2)26-20(18)25-23(31)32-12-19-16-9-5-3-7-14(16)15-8-4-6-10-17(15)19/h3-11,13,19H,12H2,1-2H3,(H,24,28)(H,29,30)(H,25,26,31). The zero-order chi connectivity index (χ0) is 22.8. The summed E-state index contributed by atoms with van der Waals surface area (Å²) in [6.45, 7) is 1.46. The molecule has 32 heavy (non-hydrogen) atoms. The summed E-state index contributed by atoms with van der Waals surface area (Å²) in [5, 5.41) is 17.9. The lowest BCUT2D eigenvalue weighted by molar-refractivity contribution is -0.138. The SMILES string of the molecule is CC(NC(=O)c1cn(C)nc1NC(=O)OCC1c2ccccc2-c2ccccc21)C(=O)O. The molecule has 1 aliphatic carbocycles. The first-order valence-corrected chi connectivity index (χ1v) is 10.0. The number of aryl methyl sites for hydroxylation is 1. The van der Waals surface area contributed by atoms with Gasteiger partial charge in [-0.2, -0.15) is 5.10 Å². The Kier molecular flexibility index (Phi) is 5.63. The lowest BCUT2D eigenvalue weighted by Crippen LogP contribution is -2.38. The minimum Gasteiger partial charge on any atom is -0.480 e. The monoisotopic (exact) mass is 434 g/mol. The van der Waals surface area contributed by atoms with Crippen LogP contribution < -0.4 is 10.6 Å². The molecule has 1 aliphatic rings. The number of aliphatic carboxylic acids is 1. The molecule has 0 radical (unpaired) electrons. The van der Waals surface area contributed by atoms with Gasteiger partial charge in [0.15, 0.2) is 5.82 Å². The van der Waals surface area contributed by atoms with Crippen molar-refractivity contribution in [2.24, 2.45) is 7.05 Å². The first-order valence-electron chi connectivity index (χ1n) is 10.0. The third-order valence-electron chi connectivity index (χ3n) is 5.36. The van der Waals surface area contributed by atoms with Crippen LogP contribution in [-0.4, -0.2) is 45.5 Å². The number of fused-ring (bicyclic) bond motifs is 3. The molecule has 9 nitrogen and oxygen atoms in total. The van der Waals surface area contributed by atoms with Crippen molar-refractivity contribution in [2.45, 2.75) is 18.9 Å². The van der Waals surface area contributed by atoms with E-state index in [9.17, 15) is 14.4 Å². The number of hydrogen-bond donors (Lipinski definition) is 3. The quantitative estimate of drug-likeness (QED) is 0.548. The van der Waals surface area contributed by atoms with Crippen molar-refractivity contribution in [2.75, 3.05) is 11.9 Å². The second kappa shape index (κ2) is 8.54. The first kappa shape index (κ1) is 21.1. The Morgan fingerprint density at radius 1 is 1.09 bits per heavy atom. The molecule has 0 saturated carbocycles. The number of carboxylic acids is 1. The zero-order valence-corrected chi connectivity index (χ0v) is 17.5. The predicted molar refractivity (Wildman–Crippen MR) is 116 cm³/mol. The highest BCUT2D eigenvalue weighted by molar-refractivity contribution is 6.02. The van der Waals surface area contributed by atoms with E-state index in [2.05, 4.69) is 15.7 Å². The van der Waals surface area contributed by atoms with Crippen LogP contribution in [0.4, 0.5) is 10.6 Å². The average molecular weight is 434 g/mol. The molecular formula is C23H22N4O5. The van der Waals surface area contributed by atoms with Crippen LogP contribution in [0.5, 0.6) is 0 Å². The summed E-state index contributed by atoms with van der Waals surface area (Å²) < 4.78 is 6.83. The fourth-order valence-corrected chi connectivity index (χ4v) is 3.81. The second-order valence-corrected chi connectivity index (χ2v) is 7.55. The molecule has 1 aromatic heterocycles. The van der Waals surface area contributed by atoms with Crippen LogP contribution in [0.2, 0.25) is 0 Å². The Balaban J connectivity index is 1.46. The smallest absolute Gasteiger partial charge is 0.412 e. The van der Waals surface area contributed by atoms with Gasteiger partial charge in [-0.3, -0.25) is 19.6 Å². The number of nitrogens with one attached hydrogen (secondary N) is 2. The van der Waals surface area contributed by atoms with E-state index >= 15 is 0 Å². The van der Waals surface area contributed by atoms with Crippen molar-refractivity contribution >= 4 is 23.8 Å². The third-order valence-corrected chi connectivity index (χ3v) is 5.36. The molecule has 0 fully saturated rings. The fraction of sp³-hybridized carbons (Fsp3) is 0.217. The molecule has 1 atom stereocenters. The molecule has 2 amide bonds. The van der Waals surface area contributed by atoms with Crippen molar-refractivity contribution in [1.29, 1.82) is 0 Å². The number of aromatic nitrogens is 2. The van der Waals surface area contributed by atoms with Crippen LogP contribution >= 0.6 is 0 Å². The Morgan fingerprint density at radius 2 is 1.69 bits per heavy atom. The molecule has 0 bridgehead atoms. The second-order valence-electron chi connectivity index (χ2n) is 7.55. The summed E-state index contributed by atoms with van der Waals surface area (Å²) in [4.78, 5) is 35.9. The van der Waals surface area contributed by atoms with E-state index in [0.717, 1.165) is 22.3 Å². The Labute approximate surface area is 184 Å². The van der Waals surface area contributed by atoms with Crippen molar-refractivity contribution in [1.82, 2.24) is 15.1 Å². The van der Waals surface area contributed by atoms with Gasteiger partial charge in [0.1, 0.15) is 18.2 Å². The van der Waals surface area contributed by atoms with Gasteiger partial charge < -0.3 is 15.2 Å². The third kappa shape index (κ3) is 4.04. The molecule has 164 valence electrons. The van der Waals surface area contributed by atoms with Crippen molar-refractivity contribution in [3.8, 4) is 11.1 Å². The number of rotatable bonds is 6. The highest BCUT2D eigenvalue weighted by atomic mass is 16.5. The largest absolute Gasteiger partial charge is 0.480 e. The molecule has 9 heteroatoms. The molecule has 0 aliphatic heterocycles. The van der Waals surface area contributed by atoms with E-state index in [4.69, 9.17) is 9.84 Å². The van der Waals surface area contributed by atoms with Crippen molar-refractivity contribution < 1.29 is 24.2 Å². The number of carboxylic acid groups (broad SMARTS) is 1. The van der Waals surface area contributed by atoms with Crippen LogP contribution in [0.25, 0.3) is 11.1 Å². The molecule has 3 N–H and O–H groups in total. The average Bonchev–Trinajstić information content (AvgIpc) is 3.29. The van der Waals surface area contributed by atoms with Crippen molar-refractivity contribution in [3.05, 3.63) is 71.4 Å². The molecule has 3 aromatic rings. The van der Waals surface area contributed by atoms with Gasteiger partial charge in [0.25, 0.3) is 5.91 Å². The van der Waals surface area contributed by atoms with Crippen LogP contribution in [0.15, 0.2) is 54.7 Å². The van der Waals surface area contributed by atoms with Crippen LogP contribution in [0, 0.1) is 0 Å². The van der Waals surface area contributed by atoms with E-state index in [-0.39, 0.29) is 23.9 Å². The van der Waals surface area contributed by atoms with Gasteiger partial charge in [-0.15, -0.1) is 0 Å². The van der Waals surface area contributed by atoms with E-state index in [1.165, 1.54) is 17.8 Å². The summed E-state index contributed by atoms with van der Waals surface area (Å²) in [6, 6.07) is 14.9. The van der Waals surface area contributed by atoms with Gasteiger partial charge in [0.2, 0.25) is 0 Å². The normalized spacial score (nSPS) is 13.1. The molecule has 2 aromatic carbocycles. The predicted octanol–water partition coefficient (Wildman–Crippen LogP) is 2.98. The van der Waals surface area contributed by atoms with E-state index in [1.54, 1.807) is 7.05 Å². The maximum atomic E-state index is 12.5. The number of amides is 2. The number of carbonyl (C=O) groups excluding carboxylic acids is 2. The first-order chi connectivity index (χ1) is 15.3. The van der Waals surface area contributed by atoms with Gasteiger partial charge >= 0.3 is 12.1 Å². The topological polar surface area (TPSA) is 123 Å². The maximum Gasteiger partial charge on any atom is 0.412 e. The Hall–Kier alpha value is -4.14. The zero-order valence-electron chi connectivity index (χ0n) is 17.5.